The van der Waals surface area contributed by atoms with Crippen molar-refractivity contribution in [1.82, 2.24) is 0 Å². The zero-order valence-electron chi connectivity index (χ0n) is 16.7. The lowest BCUT2D eigenvalue weighted by atomic mass is 9.87. The van der Waals surface area contributed by atoms with Gasteiger partial charge in [0.15, 0.2) is 11.5 Å². The van der Waals surface area contributed by atoms with Gasteiger partial charge in [-0.1, -0.05) is 26.8 Å². The molecule has 0 saturated heterocycles. The Morgan fingerprint density at radius 1 is 0.667 bits per heavy atom. The molecule has 0 atom stereocenters. The van der Waals surface area contributed by atoms with Gasteiger partial charge in [0.25, 0.3) is 10.5 Å². The van der Waals surface area contributed by atoms with Crippen LogP contribution >= 0.6 is 23.2 Å². The van der Waals surface area contributed by atoms with E-state index >= 15 is 0 Å². The van der Waals surface area contributed by atoms with Crippen molar-refractivity contribution < 1.29 is 19.1 Å². The molecule has 4 nitrogen and oxygen atoms in total. The number of benzene rings is 3. The van der Waals surface area contributed by atoms with Gasteiger partial charge in [0.05, 0.1) is 0 Å². The molecule has 0 spiro atoms. The molecule has 0 aliphatic heterocycles. The van der Waals surface area contributed by atoms with Gasteiger partial charge >= 0.3 is 0 Å². The van der Waals surface area contributed by atoms with E-state index in [1.807, 2.05) is 18.2 Å². The van der Waals surface area contributed by atoms with E-state index in [1.165, 1.54) is 0 Å². The van der Waals surface area contributed by atoms with Crippen molar-refractivity contribution in [2.75, 3.05) is 0 Å². The predicted octanol–water partition coefficient (Wildman–Crippen LogP) is 7.33. The van der Waals surface area contributed by atoms with Crippen LogP contribution in [-0.4, -0.2) is 10.5 Å². The maximum Gasteiger partial charge on any atom is 0.252 e. The highest BCUT2D eigenvalue weighted by molar-refractivity contribution is 6.68. The Balaban J connectivity index is 1.93. The first-order chi connectivity index (χ1) is 14.1. The molecule has 0 heterocycles. The summed E-state index contributed by atoms with van der Waals surface area (Å²) in [5.74, 6) is 2.10. The largest absolute Gasteiger partial charge is 0.453 e. The lowest BCUT2D eigenvalue weighted by Gasteiger charge is -2.21. The smallest absolute Gasteiger partial charge is 0.252 e. The third kappa shape index (κ3) is 5.41. The van der Waals surface area contributed by atoms with Crippen molar-refractivity contribution in [3.63, 3.8) is 0 Å². The van der Waals surface area contributed by atoms with Crippen molar-refractivity contribution in [1.29, 1.82) is 0 Å². The maximum absolute atomic E-state index is 11.3. The van der Waals surface area contributed by atoms with Gasteiger partial charge in [-0.25, -0.2) is 0 Å². The first-order valence-electron chi connectivity index (χ1n) is 9.23. The van der Waals surface area contributed by atoms with Gasteiger partial charge in [-0.15, -0.1) is 0 Å². The summed E-state index contributed by atoms with van der Waals surface area (Å²) >= 11 is 11.0. The van der Waals surface area contributed by atoms with Crippen molar-refractivity contribution in [3.8, 4) is 23.0 Å². The molecule has 0 N–H and O–H groups in total. The van der Waals surface area contributed by atoms with Crippen LogP contribution in [0, 0.1) is 0 Å². The molecular formula is C24H20Cl2O4. The minimum atomic E-state index is -0.529. The summed E-state index contributed by atoms with van der Waals surface area (Å²) in [7, 11) is 0. The van der Waals surface area contributed by atoms with E-state index < -0.39 is 10.5 Å². The van der Waals surface area contributed by atoms with Gasteiger partial charge in [-0.2, -0.15) is 0 Å². The van der Waals surface area contributed by atoms with Crippen LogP contribution in [0.3, 0.4) is 0 Å². The lowest BCUT2D eigenvalue weighted by Crippen LogP contribution is -2.11. The number of rotatable bonds is 6. The van der Waals surface area contributed by atoms with E-state index in [1.54, 1.807) is 48.5 Å². The third-order valence-electron chi connectivity index (χ3n) is 4.43. The second-order valence-corrected chi connectivity index (χ2v) is 8.40. The van der Waals surface area contributed by atoms with E-state index in [-0.39, 0.29) is 5.41 Å². The monoisotopic (exact) mass is 442 g/mol. The van der Waals surface area contributed by atoms with Crippen LogP contribution in [0.15, 0.2) is 66.7 Å². The Kier molecular flexibility index (Phi) is 6.49. The third-order valence-corrected chi connectivity index (χ3v) is 4.86. The highest BCUT2D eigenvalue weighted by Gasteiger charge is 2.18. The molecule has 3 rings (SSSR count). The van der Waals surface area contributed by atoms with Crippen LogP contribution in [-0.2, 0) is 5.41 Å². The molecule has 0 aliphatic carbocycles. The fourth-order valence-corrected chi connectivity index (χ4v) is 2.95. The van der Waals surface area contributed by atoms with Gasteiger partial charge in [0.2, 0.25) is 0 Å². The average molecular weight is 443 g/mol. The van der Waals surface area contributed by atoms with Crippen LogP contribution in [0.4, 0.5) is 0 Å². The molecule has 30 heavy (non-hydrogen) atoms. The Bertz CT molecular complexity index is 1070. The Labute approximate surface area is 185 Å². The fourth-order valence-electron chi connectivity index (χ4n) is 2.70. The van der Waals surface area contributed by atoms with Gasteiger partial charge in [-0.05, 0) is 94.8 Å². The number of carbonyl (C=O) groups is 2. The normalized spacial score (nSPS) is 11.1. The first-order valence-corrected chi connectivity index (χ1v) is 9.99. The van der Waals surface area contributed by atoms with Gasteiger partial charge in [-0.3, -0.25) is 9.59 Å². The topological polar surface area (TPSA) is 52.6 Å². The molecule has 3 aromatic rings. The predicted molar refractivity (Wildman–Crippen MR) is 119 cm³/mol. The molecule has 0 aromatic heterocycles. The average Bonchev–Trinajstić information content (AvgIpc) is 2.69. The number of hydrogen-bond acceptors (Lipinski definition) is 4. The minimum absolute atomic E-state index is 0.0894. The van der Waals surface area contributed by atoms with Crippen LogP contribution < -0.4 is 9.47 Å². The number of ether oxygens (including phenoxy) is 2. The summed E-state index contributed by atoms with van der Waals surface area (Å²) in [6, 6.07) is 18.8. The minimum Gasteiger partial charge on any atom is -0.453 e. The lowest BCUT2D eigenvalue weighted by molar-refractivity contribution is 0.107. The molecule has 0 fully saturated rings. The molecule has 0 aliphatic rings. The van der Waals surface area contributed by atoms with Gasteiger partial charge in [0, 0.05) is 11.1 Å². The van der Waals surface area contributed by atoms with E-state index in [2.05, 4.69) is 20.8 Å². The van der Waals surface area contributed by atoms with Crippen LogP contribution in [0.2, 0.25) is 0 Å². The van der Waals surface area contributed by atoms with Crippen LogP contribution in [0.1, 0.15) is 47.1 Å². The van der Waals surface area contributed by atoms with Crippen molar-refractivity contribution in [2.24, 2.45) is 0 Å². The summed E-state index contributed by atoms with van der Waals surface area (Å²) in [5, 5.41) is -1.06. The zero-order chi connectivity index (χ0) is 21.9. The van der Waals surface area contributed by atoms with E-state index in [4.69, 9.17) is 32.7 Å². The van der Waals surface area contributed by atoms with Gasteiger partial charge in [0.1, 0.15) is 11.5 Å². The molecule has 0 amide bonds. The second-order valence-electron chi connectivity index (χ2n) is 7.71. The van der Waals surface area contributed by atoms with E-state index in [0.717, 1.165) is 5.56 Å². The summed E-state index contributed by atoms with van der Waals surface area (Å²) in [6.07, 6.45) is 0. The van der Waals surface area contributed by atoms with Crippen LogP contribution in [0.5, 0.6) is 23.0 Å². The molecule has 6 heteroatoms. The number of halogens is 2. The number of hydrogen-bond donors (Lipinski definition) is 0. The van der Waals surface area contributed by atoms with Crippen molar-refractivity contribution >= 4 is 33.7 Å². The SMILES string of the molecule is CC(C)(C)c1ccc(Oc2ccc(C(=O)Cl)cc2)c(Oc2ccc(C(=O)Cl)cc2)c1. The molecule has 3 aromatic carbocycles. The molecular weight excluding hydrogens is 423 g/mol. The Morgan fingerprint density at radius 3 is 1.50 bits per heavy atom. The first kappa shape index (κ1) is 21.9. The summed E-state index contributed by atoms with van der Waals surface area (Å²) in [5.41, 5.74) is 1.75. The fraction of sp³-hybridized carbons (Fsp3) is 0.167. The van der Waals surface area contributed by atoms with Crippen molar-refractivity contribution in [2.45, 2.75) is 26.2 Å². The summed E-state index contributed by atoms with van der Waals surface area (Å²) < 4.78 is 12.1. The second kappa shape index (κ2) is 8.90. The maximum atomic E-state index is 11.3. The van der Waals surface area contributed by atoms with Gasteiger partial charge < -0.3 is 9.47 Å². The number of carbonyl (C=O) groups excluding carboxylic acids is 2. The van der Waals surface area contributed by atoms with E-state index in [0.29, 0.717) is 34.1 Å². The summed E-state index contributed by atoms with van der Waals surface area (Å²) in [4.78, 5) is 22.5. The Morgan fingerprint density at radius 2 is 1.10 bits per heavy atom. The van der Waals surface area contributed by atoms with Crippen molar-refractivity contribution in [3.05, 3.63) is 83.4 Å². The standard InChI is InChI=1S/C24H20Cl2O4/c1-24(2,3)17-8-13-20(29-18-9-4-15(5-10-18)22(25)27)21(14-17)30-19-11-6-16(7-12-19)23(26)28/h4-14H,1-3H3. The highest BCUT2D eigenvalue weighted by atomic mass is 35.5. The molecule has 0 bridgehead atoms. The van der Waals surface area contributed by atoms with E-state index in [9.17, 15) is 9.59 Å². The zero-order valence-corrected chi connectivity index (χ0v) is 18.3. The molecule has 0 saturated carbocycles. The Hall–Kier alpha value is -2.82. The highest BCUT2D eigenvalue weighted by Crippen LogP contribution is 2.38. The molecule has 0 radical (unpaired) electrons. The molecule has 154 valence electrons. The van der Waals surface area contributed by atoms with Crippen LogP contribution in [0.25, 0.3) is 0 Å². The summed E-state index contributed by atoms with van der Waals surface area (Å²) in [6.45, 7) is 6.32. The quantitative estimate of drug-likeness (QED) is 0.375. The molecule has 0 unspecified atom stereocenters.